The first-order valence-corrected chi connectivity index (χ1v) is 12.7. The second-order valence-corrected chi connectivity index (χ2v) is 9.56. The van der Waals surface area contributed by atoms with E-state index in [4.69, 9.17) is 26.3 Å². The van der Waals surface area contributed by atoms with Gasteiger partial charge in [0.05, 0.1) is 12.9 Å². The number of aromatic nitrogens is 4. The van der Waals surface area contributed by atoms with Crippen LogP contribution in [-0.4, -0.2) is 70.2 Å². The molecule has 9 nitrogen and oxygen atoms in total. The summed E-state index contributed by atoms with van der Waals surface area (Å²) in [6.07, 6.45) is 1.81. The van der Waals surface area contributed by atoms with Gasteiger partial charge in [-0.25, -0.2) is 4.98 Å². The summed E-state index contributed by atoms with van der Waals surface area (Å²) in [4.78, 5) is 30.6. The maximum absolute atomic E-state index is 12.2. The number of ether oxygens (including phenoxy) is 1. The van der Waals surface area contributed by atoms with E-state index in [-0.39, 0.29) is 12.5 Å². The lowest BCUT2D eigenvalue weighted by molar-refractivity contribution is -0.135. The molecule has 1 N–H and O–H groups in total. The van der Waals surface area contributed by atoms with Crippen LogP contribution < -0.4 is 10.2 Å². The summed E-state index contributed by atoms with van der Waals surface area (Å²) in [5.41, 5.74) is 4.82. The normalized spacial score (nSPS) is 13.8. The van der Waals surface area contributed by atoms with Crippen LogP contribution in [0, 0.1) is 6.92 Å². The van der Waals surface area contributed by atoms with Crippen LogP contribution in [0.5, 0.6) is 0 Å². The molecule has 3 heterocycles. The first-order valence-electron chi connectivity index (χ1n) is 12.3. The van der Waals surface area contributed by atoms with Crippen molar-refractivity contribution in [1.29, 1.82) is 0 Å². The van der Waals surface area contributed by atoms with E-state index >= 15 is 0 Å². The number of nitrogens with zero attached hydrogens (tertiary/aromatic N) is 6. The van der Waals surface area contributed by atoms with Gasteiger partial charge in [-0.3, -0.25) is 4.79 Å². The molecule has 1 aliphatic heterocycles. The molecular weight excluding hydrogens is 490 g/mol. The van der Waals surface area contributed by atoms with Gasteiger partial charge in [-0.2, -0.15) is 9.97 Å². The summed E-state index contributed by atoms with van der Waals surface area (Å²) < 4.78 is 7.06. The Balaban J connectivity index is 1.45. The number of fused-ring (bicyclic) bond motifs is 1. The molecule has 1 amide bonds. The van der Waals surface area contributed by atoms with Crippen molar-refractivity contribution in [2.75, 3.05) is 50.1 Å². The Labute approximate surface area is 221 Å². The number of anilines is 2. The summed E-state index contributed by atoms with van der Waals surface area (Å²) >= 11 is 6.39. The molecule has 37 heavy (non-hydrogen) atoms. The predicted octanol–water partition coefficient (Wildman–Crippen LogP) is 3.74. The number of rotatable bonds is 8. The summed E-state index contributed by atoms with van der Waals surface area (Å²) in [5, 5.41) is 4.13. The largest absolute Gasteiger partial charge is 0.375 e. The molecule has 0 radical (unpaired) electrons. The van der Waals surface area contributed by atoms with Gasteiger partial charge in [-0.05, 0) is 24.1 Å². The van der Waals surface area contributed by atoms with Crippen LogP contribution in [0.4, 0.5) is 11.8 Å². The number of carbonyl (C=O) groups excluding carboxylic acids is 1. The molecule has 2 aromatic heterocycles. The summed E-state index contributed by atoms with van der Waals surface area (Å²) in [7, 11) is 1.54. The Kier molecular flexibility index (Phi) is 7.52. The van der Waals surface area contributed by atoms with Crippen molar-refractivity contribution in [2.24, 2.45) is 0 Å². The van der Waals surface area contributed by atoms with Crippen LogP contribution in [-0.2, 0) is 22.6 Å². The third-order valence-corrected chi connectivity index (χ3v) is 6.84. The maximum Gasteiger partial charge on any atom is 0.248 e. The summed E-state index contributed by atoms with van der Waals surface area (Å²) in [5.74, 6) is 1.26. The van der Waals surface area contributed by atoms with Gasteiger partial charge in [0.15, 0.2) is 17.0 Å². The second kappa shape index (κ2) is 11.1. The Morgan fingerprint density at radius 3 is 2.65 bits per heavy atom. The average Bonchev–Trinajstić information content (AvgIpc) is 3.31. The minimum Gasteiger partial charge on any atom is -0.375 e. The molecule has 1 fully saturated rings. The third kappa shape index (κ3) is 5.68. The molecular formula is C27H30ClN7O2. The van der Waals surface area contributed by atoms with Crippen molar-refractivity contribution >= 4 is 40.4 Å². The quantitative estimate of drug-likeness (QED) is 0.379. The van der Waals surface area contributed by atoms with Crippen molar-refractivity contribution in [3.8, 4) is 0 Å². The van der Waals surface area contributed by atoms with Crippen LogP contribution in [0.1, 0.15) is 16.7 Å². The zero-order valence-electron chi connectivity index (χ0n) is 21.0. The van der Waals surface area contributed by atoms with E-state index in [0.29, 0.717) is 61.6 Å². The molecule has 2 aromatic carbocycles. The van der Waals surface area contributed by atoms with Crippen LogP contribution in [0.3, 0.4) is 0 Å². The van der Waals surface area contributed by atoms with Gasteiger partial charge in [0, 0.05) is 44.9 Å². The van der Waals surface area contributed by atoms with Gasteiger partial charge >= 0.3 is 0 Å². The first-order chi connectivity index (χ1) is 18.0. The van der Waals surface area contributed by atoms with Gasteiger partial charge in [0.25, 0.3) is 0 Å². The zero-order chi connectivity index (χ0) is 25.8. The van der Waals surface area contributed by atoms with Crippen molar-refractivity contribution in [2.45, 2.75) is 20.0 Å². The molecule has 5 rings (SSSR count). The van der Waals surface area contributed by atoms with Crippen LogP contribution in [0.15, 0.2) is 54.9 Å². The molecule has 192 valence electrons. The number of halogens is 1. The highest BCUT2D eigenvalue weighted by Gasteiger charge is 2.24. The highest BCUT2D eigenvalue weighted by molar-refractivity contribution is 6.31. The molecule has 0 spiro atoms. The number of methoxy groups -OCH3 is 1. The van der Waals surface area contributed by atoms with Gasteiger partial charge in [0.1, 0.15) is 6.61 Å². The number of amides is 1. The van der Waals surface area contributed by atoms with E-state index in [1.165, 1.54) is 18.2 Å². The van der Waals surface area contributed by atoms with Crippen molar-refractivity contribution in [1.82, 2.24) is 24.4 Å². The predicted molar refractivity (Wildman–Crippen MR) is 145 cm³/mol. The molecule has 4 aromatic rings. The van der Waals surface area contributed by atoms with E-state index in [1.54, 1.807) is 0 Å². The Bertz CT molecular complexity index is 1400. The fourth-order valence-electron chi connectivity index (χ4n) is 4.51. The lowest BCUT2D eigenvalue weighted by atomic mass is 10.1. The molecule has 0 saturated carbocycles. The number of piperazine rings is 1. The van der Waals surface area contributed by atoms with Crippen LogP contribution in [0.2, 0.25) is 5.02 Å². The molecule has 0 atom stereocenters. The minimum atomic E-state index is -0.00292. The Morgan fingerprint density at radius 1 is 1.08 bits per heavy atom. The fourth-order valence-corrected chi connectivity index (χ4v) is 4.71. The molecule has 10 heteroatoms. The van der Waals surface area contributed by atoms with Crippen molar-refractivity contribution in [3.63, 3.8) is 0 Å². The Hall–Kier alpha value is -3.69. The van der Waals surface area contributed by atoms with Gasteiger partial charge in [0.2, 0.25) is 11.9 Å². The monoisotopic (exact) mass is 519 g/mol. The van der Waals surface area contributed by atoms with E-state index in [9.17, 15) is 4.79 Å². The highest BCUT2D eigenvalue weighted by Crippen LogP contribution is 2.26. The van der Waals surface area contributed by atoms with E-state index in [1.807, 2.05) is 40.1 Å². The number of nitrogens with one attached hydrogen (secondary N) is 1. The lowest BCUT2D eigenvalue weighted by Crippen LogP contribution is -2.50. The zero-order valence-corrected chi connectivity index (χ0v) is 21.8. The van der Waals surface area contributed by atoms with Gasteiger partial charge < -0.3 is 24.4 Å². The standard InChI is InChI=1S/C27H30ClN7O2/c1-19-6-5-7-20(14-19)16-35-18-30-24-25(29-15-21-8-3-4-9-22(21)28)31-27(32-26(24)35)34-12-10-33(11-13-34)23(36)17-37-2/h3-9,14,18H,10-13,15-17H2,1-2H3,(H,29,31,32). The van der Waals surface area contributed by atoms with E-state index in [2.05, 4.69) is 46.4 Å². The number of carbonyl (C=O) groups is 1. The molecule has 1 saturated heterocycles. The smallest absolute Gasteiger partial charge is 0.248 e. The van der Waals surface area contributed by atoms with Crippen molar-refractivity contribution < 1.29 is 9.53 Å². The number of hydrogen-bond acceptors (Lipinski definition) is 7. The fraction of sp³-hybridized carbons (Fsp3) is 0.333. The second-order valence-electron chi connectivity index (χ2n) is 9.15. The highest BCUT2D eigenvalue weighted by atomic mass is 35.5. The number of benzene rings is 2. The molecule has 0 unspecified atom stereocenters. The lowest BCUT2D eigenvalue weighted by Gasteiger charge is -2.34. The SMILES string of the molecule is COCC(=O)N1CCN(c2nc(NCc3ccccc3Cl)c3ncn(Cc4cccc(C)c4)c3n2)CC1. The number of hydrogen-bond donors (Lipinski definition) is 1. The van der Waals surface area contributed by atoms with Crippen LogP contribution in [0.25, 0.3) is 11.2 Å². The first kappa shape index (κ1) is 25.0. The van der Waals surface area contributed by atoms with Gasteiger partial charge in [-0.15, -0.1) is 0 Å². The third-order valence-electron chi connectivity index (χ3n) is 6.47. The van der Waals surface area contributed by atoms with Gasteiger partial charge in [-0.1, -0.05) is 59.6 Å². The molecule has 1 aliphatic rings. The minimum absolute atomic E-state index is 0.00292. The summed E-state index contributed by atoms with van der Waals surface area (Å²) in [6.45, 7) is 5.80. The van der Waals surface area contributed by atoms with E-state index < -0.39 is 0 Å². The number of imidazole rings is 1. The van der Waals surface area contributed by atoms with E-state index in [0.717, 1.165) is 11.2 Å². The van der Waals surface area contributed by atoms with Crippen molar-refractivity contribution in [3.05, 3.63) is 76.6 Å². The topological polar surface area (TPSA) is 88.4 Å². The molecule has 0 bridgehead atoms. The number of aryl methyl sites for hydroxylation is 1. The average molecular weight is 520 g/mol. The maximum atomic E-state index is 12.2. The van der Waals surface area contributed by atoms with Crippen LogP contribution >= 0.6 is 11.6 Å². The molecule has 0 aliphatic carbocycles. The Morgan fingerprint density at radius 2 is 1.89 bits per heavy atom. The summed E-state index contributed by atoms with van der Waals surface area (Å²) in [6, 6.07) is 16.2.